The third kappa shape index (κ3) is 2.83. The Kier molecular flexibility index (Phi) is 4.12. The molecule has 1 aromatic heterocycles. The molecule has 0 bridgehead atoms. The van der Waals surface area contributed by atoms with Gasteiger partial charge in [0, 0.05) is 18.5 Å². The van der Waals surface area contributed by atoms with Crippen molar-refractivity contribution in [1.29, 1.82) is 0 Å². The Morgan fingerprint density at radius 2 is 2.18 bits per heavy atom. The van der Waals surface area contributed by atoms with E-state index in [9.17, 15) is 4.79 Å². The second kappa shape index (κ2) is 6.05. The molecule has 1 aromatic carbocycles. The highest BCUT2D eigenvalue weighted by Crippen LogP contribution is 2.22. The van der Waals surface area contributed by atoms with Crippen LogP contribution in [0.25, 0.3) is 10.9 Å². The molecule has 1 aliphatic heterocycles. The SMILES string of the molecule is CNCC1CCN(C(=O)c2cc3ccc(C)cc3nc2C)C1. The number of nitrogens with one attached hydrogen (secondary N) is 1. The van der Waals surface area contributed by atoms with E-state index in [4.69, 9.17) is 0 Å². The van der Waals surface area contributed by atoms with Crippen molar-refractivity contribution in [3.8, 4) is 0 Å². The second-order valence-electron chi connectivity index (χ2n) is 6.28. The van der Waals surface area contributed by atoms with Gasteiger partial charge < -0.3 is 10.2 Å². The minimum Gasteiger partial charge on any atom is -0.338 e. The highest BCUT2D eigenvalue weighted by atomic mass is 16.2. The highest BCUT2D eigenvalue weighted by molar-refractivity contribution is 5.98. The Balaban J connectivity index is 1.88. The van der Waals surface area contributed by atoms with Crippen molar-refractivity contribution in [2.45, 2.75) is 20.3 Å². The molecule has 4 heteroatoms. The van der Waals surface area contributed by atoms with Gasteiger partial charge in [0.05, 0.1) is 16.8 Å². The fourth-order valence-electron chi connectivity index (χ4n) is 3.23. The number of aryl methyl sites for hydroxylation is 2. The molecule has 2 heterocycles. The number of carbonyl (C=O) groups excluding carboxylic acids is 1. The summed E-state index contributed by atoms with van der Waals surface area (Å²) in [7, 11) is 1.96. The van der Waals surface area contributed by atoms with E-state index in [2.05, 4.69) is 29.4 Å². The molecule has 1 amide bonds. The molecule has 1 N–H and O–H groups in total. The summed E-state index contributed by atoms with van der Waals surface area (Å²) in [6.45, 7) is 6.64. The van der Waals surface area contributed by atoms with E-state index in [1.165, 1.54) is 5.56 Å². The van der Waals surface area contributed by atoms with Crippen LogP contribution in [0.5, 0.6) is 0 Å². The molecule has 2 aromatic rings. The molecule has 22 heavy (non-hydrogen) atoms. The molecular weight excluding hydrogens is 274 g/mol. The number of rotatable bonds is 3. The first-order valence-electron chi connectivity index (χ1n) is 7.90. The van der Waals surface area contributed by atoms with Crippen molar-refractivity contribution >= 4 is 16.8 Å². The number of pyridine rings is 1. The van der Waals surface area contributed by atoms with Crippen LogP contribution < -0.4 is 5.32 Å². The van der Waals surface area contributed by atoms with Gasteiger partial charge in [0.25, 0.3) is 5.91 Å². The zero-order valence-corrected chi connectivity index (χ0v) is 13.5. The summed E-state index contributed by atoms with van der Waals surface area (Å²) < 4.78 is 0. The molecule has 0 spiro atoms. The molecule has 1 atom stereocenters. The summed E-state index contributed by atoms with van der Waals surface area (Å²) >= 11 is 0. The number of amides is 1. The van der Waals surface area contributed by atoms with Gasteiger partial charge in [-0.2, -0.15) is 0 Å². The van der Waals surface area contributed by atoms with E-state index in [1.54, 1.807) is 0 Å². The molecule has 1 aliphatic rings. The lowest BCUT2D eigenvalue weighted by Crippen LogP contribution is -2.31. The lowest BCUT2D eigenvalue weighted by Gasteiger charge is -2.18. The number of fused-ring (bicyclic) bond motifs is 1. The van der Waals surface area contributed by atoms with Crippen LogP contribution in [0, 0.1) is 19.8 Å². The van der Waals surface area contributed by atoms with Crippen molar-refractivity contribution in [2.75, 3.05) is 26.7 Å². The van der Waals surface area contributed by atoms with Crippen molar-refractivity contribution in [2.24, 2.45) is 5.92 Å². The molecule has 3 rings (SSSR count). The fourth-order valence-corrected chi connectivity index (χ4v) is 3.23. The average Bonchev–Trinajstić information content (AvgIpc) is 2.95. The van der Waals surface area contributed by atoms with Gasteiger partial charge in [0.15, 0.2) is 0 Å². The summed E-state index contributed by atoms with van der Waals surface area (Å²) in [6.07, 6.45) is 1.08. The Bertz CT molecular complexity index is 711. The Labute approximate surface area is 131 Å². The summed E-state index contributed by atoms with van der Waals surface area (Å²) in [6, 6.07) is 8.16. The molecular formula is C18H23N3O. The van der Waals surface area contributed by atoms with Crippen LogP contribution in [0.15, 0.2) is 24.3 Å². The summed E-state index contributed by atoms with van der Waals surface area (Å²) in [5, 5.41) is 4.23. The van der Waals surface area contributed by atoms with Crippen LogP contribution in [0.1, 0.15) is 28.0 Å². The van der Waals surface area contributed by atoms with Gasteiger partial charge >= 0.3 is 0 Å². The normalized spacial score (nSPS) is 18.1. The predicted octanol–water partition coefficient (Wildman–Crippen LogP) is 2.53. The van der Waals surface area contributed by atoms with Gasteiger partial charge in [-0.15, -0.1) is 0 Å². The van der Waals surface area contributed by atoms with Crippen molar-refractivity contribution in [3.05, 3.63) is 41.1 Å². The topological polar surface area (TPSA) is 45.2 Å². The van der Waals surface area contributed by atoms with Gasteiger partial charge in [0.2, 0.25) is 0 Å². The number of hydrogen-bond acceptors (Lipinski definition) is 3. The third-order valence-corrected chi connectivity index (χ3v) is 4.46. The fraction of sp³-hybridized carbons (Fsp3) is 0.444. The van der Waals surface area contributed by atoms with E-state index in [0.717, 1.165) is 48.2 Å². The lowest BCUT2D eigenvalue weighted by atomic mass is 10.1. The first-order chi connectivity index (χ1) is 10.6. The van der Waals surface area contributed by atoms with Gasteiger partial charge in [-0.1, -0.05) is 12.1 Å². The molecule has 1 saturated heterocycles. The van der Waals surface area contributed by atoms with E-state index < -0.39 is 0 Å². The van der Waals surface area contributed by atoms with Gasteiger partial charge in [-0.05, 0) is 57.5 Å². The number of nitrogens with zero attached hydrogens (tertiary/aromatic N) is 2. The monoisotopic (exact) mass is 297 g/mol. The first kappa shape index (κ1) is 15.0. The standard InChI is InChI=1S/C18H23N3O/c1-12-4-5-15-9-16(13(2)20-17(15)8-12)18(22)21-7-6-14(11-21)10-19-3/h4-5,8-9,14,19H,6-7,10-11H2,1-3H3. The second-order valence-corrected chi connectivity index (χ2v) is 6.28. The van der Waals surface area contributed by atoms with Crippen LogP contribution in [0.3, 0.4) is 0 Å². The number of carbonyl (C=O) groups is 1. The molecule has 1 unspecified atom stereocenters. The summed E-state index contributed by atoms with van der Waals surface area (Å²) in [5.74, 6) is 0.677. The Hall–Kier alpha value is -1.94. The van der Waals surface area contributed by atoms with Crippen LogP contribution >= 0.6 is 0 Å². The van der Waals surface area contributed by atoms with Crippen LogP contribution in [0.4, 0.5) is 0 Å². The van der Waals surface area contributed by atoms with E-state index in [1.807, 2.05) is 31.0 Å². The highest BCUT2D eigenvalue weighted by Gasteiger charge is 2.27. The number of hydrogen-bond donors (Lipinski definition) is 1. The van der Waals surface area contributed by atoms with E-state index in [-0.39, 0.29) is 5.91 Å². The van der Waals surface area contributed by atoms with Crippen LogP contribution in [-0.2, 0) is 0 Å². The van der Waals surface area contributed by atoms with Crippen molar-refractivity contribution in [1.82, 2.24) is 15.2 Å². The molecule has 116 valence electrons. The minimum absolute atomic E-state index is 0.117. The summed E-state index contributed by atoms with van der Waals surface area (Å²) in [4.78, 5) is 19.4. The molecule has 0 saturated carbocycles. The zero-order chi connectivity index (χ0) is 15.7. The quantitative estimate of drug-likeness (QED) is 0.947. The minimum atomic E-state index is 0.117. The zero-order valence-electron chi connectivity index (χ0n) is 13.5. The third-order valence-electron chi connectivity index (χ3n) is 4.46. The smallest absolute Gasteiger partial charge is 0.255 e. The number of aromatic nitrogens is 1. The van der Waals surface area contributed by atoms with Crippen LogP contribution in [0.2, 0.25) is 0 Å². The molecule has 0 radical (unpaired) electrons. The predicted molar refractivity (Wildman–Crippen MR) is 89.2 cm³/mol. The maximum Gasteiger partial charge on any atom is 0.255 e. The Morgan fingerprint density at radius 3 is 2.95 bits per heavy atom. The van der Waals surface area contributed by atoms with E-state index in [0.29, 0.717) is 5.92 Å². The van der Waals surface area contributed by atoms with Crippen molar-refractivity contribution in [3.63, 3.8) is 0 Å². The van der Waals surface area contributed by atoms with Gasteiger partial charge in [-0.25, -0.2) is 0 Å². The maximum absolute atomic E-state index is 12.8. The van der Waals surface area contributed by atoms with Gasteiger partial charge in [-0.3, -0.25) is 9.78 Å². The largest absolute Gasteiger partial charge is 0.338 e. The average molecular weight is 297 g/mol. The first-order valence-corrected chi connectivity index (χ1v) is 7.90. The Morgan fingerprint density at radius 1 is 1.36 bits per heavy atom. The summed E-state index contributed by atoms with van der Waals surface area (Å²) in [5.41, 5.74) is 3.71. The molecule has 1 fully saturated rings. The molecule has 4 nitrogen and oxygen atoms in total. The van der Waals surface area contributed by atoms with Crippen LogP contribution in [-0.4, -0.2) is 42.5 Å². The number of likely N-dealkylation sites (tertiary alicyclic amines) is 1. The molecule has 0 aliphatic carbocycles. The number of benzene rings is 1. The van der Waals surface area contributed by atoms with Crippen molar-refractivity contribution < 1.29 is 4.79 Å². The lowest BCUT2D eigenvalue weighted by molar-refractivity contribution is 0.0786. The van der Waals surface area contributed by atoms with E-state index >= 15 is 0 Å². The van der Waals surface area contributed by atoms with Gasteiger partial charge in [0.1, 0.15) is 0 Å². The maximum atomic E-state index is 12.8.